The third-order valence-electron chi connectivity index (χ3n) is 8.98. The van der Waals surface area contributed by atoms with Crippen LogP contribution < -0.4 is 0 Å². The van der Waals surface area contributed by atoms with Crippen LogP contribution in [0.5, 0.6) is 0 Å². The maximum atomic E-state index is 6.48. The summed E-state index contributed by atoms with van der Waals surface area (Å²) in [6.07, 6.45) is 6.91. The Morgan fingerprint density at radius 3 is 1.46 bits per heavy atom. The Labute approximate surface area is 284 Å². The van der Waals surface area contributed by atoms with E-state index >= 15 is 0 Å². The van der Waals surface area contributed by atoms with Crippen LogP contribution in [0.3, 0.4) is 0 Å². The molecule has 0 saturated carbocycles. The van der Waals surface area contributed by atoms with Gasteiger partial charge >= 0.3 is 0 Å². The Hall–Kier alpha value is -3.49. The topological polar surface area (TPSA) is 24.7 Å². The molecule has 0 fully saturated rings. The first-order valence-corrected chi connectivity index (χ1v) is 17.8. The van der Waals surface area contributed by atoms with Crippen LogP contribution >= 0.6 is 11.6 Å². The largest absolute Gasteiger partial charge is 0.251 e. The van der Waals surface area contributed by atoms with Crippen LogP contribution in [0.2, 0.25) is 0 Å². The van der Waals surface area contributed by atoms with Crippen molar-refractivity contribution < 1.29 is 0 Å². The Bertz CT molecular complexity index is 1740. The Morgan fingerprint density at radius 1 is 0.609 bits per heavy atom. The molecule has 46 heavy (non-hydrogen) atoms. The van der Waals surface area contributed by atoms with Crippen molar-refractivity contribution in [3.63, 3.8) is 0 Å². The molecule has 4 aromatic rings. The van der Waals surface area contributed by atoms with Crippen LogP contribution in [0.15, 0.2) is 70.6 Å². The molecule has 4 rings (SSSR count). The zero-order chi connectivity index (χ0) is 33.4. The average molecular weight is 633 g/mol. The highest BCUT2D eigenvalue weighted by Crippen LogP contribution is 2.41. The Balaban J connectivity index is 1.98. The Morgan fingerprint density at radius 2 is 1.04 bits per heavy atom. The van der Waals surface area contributed by atoms with Gasteiger partial charge in [0.2, 0.25) is 0 Å². The summed E-state index contributed by atoms with van der Waals surface area (Å²) in [6.45, 7) is 19.9. The summed E-state index contributed by atoms with van der Waals surface area (Å²) in [5, 5.41) is 0. The van der Waals surface area contributed by atoms with E-state index in [4.69, 9.17) is 21.6 Å². The van der Waals surface area contributed by atoms with Gasteiger partial charge in [0.25, 0.3) is 0 Å². The van der Waals surface area contributed by atoms with Crippen molar-refractivity contribution in [3.8, 4) is 22.3 Å². The van der Waals surface area contributed by atoms with Gasteiger partial charge in [-0.05, 0) is 117 Å². The first kappa shape index (κ1) is 35.4. The quantitative estimate of drug-likeness (QED) is 0.103. The molecule has 0 aliphatic rings. The lowest BCUT2D eigenvalue weighted by Gasteiger charge is -2.20. The number of nitrogens with zero attached hydrogens (tertiary/aromatic N) is 2. The number of halogens is 1. The van der Waals surface area contributed by atoms with E-state index in [2.05, 4.69) is 123 Å². The van der Waals surface area contributed by atoms with Crippen molar-refractivity contribution >= 4 is 34.4 Å². The minimum Gasteiger partial charge on any atom is -0.251 e. The highest BCUT2D eigenvalue weighted by atomic mass is 35.5. The molecule has 0 unspecified atom stereocenters. The van der Waals surface area contributed by atoms with Gasteiger partial charge in [-0.2, -0.15) is 0 Å². The van der Waals surface area contributed by atoms with Crippen LogP contribution in [0.25, 0.3) is 22.3 Å². The van der Waals surface area contributed by atoms with Gasteiger partial charge in [0.15, 0.2) is 0 Å². The summed E-state index contributed by atoms with van der Waals surface area (Å²) in [4.78, 5) is 10.9. The smallest absolute Gasteiger partial charge is 0.0741 e. The summed E-state index contributed by atoms with van der Waals surface area (Å²) >= 11 is 6.48. The summed E-state index contributed by atoms with van der Waals surface area (Å²) in [6, 6.07) is 22.7. The minimum absolute atomic E-state index is 0.484. The van der Waals surface area contributed by atoms with Gasteiger partial charge in [0.05, 0.1) is 22.8 Å². The fourth-order valence-corrected chi connectivity index (χ4v) is 7.09. The number of hydrogen-bond donors (Lipinski definition) is 0. The number of aliphatic imine (C=N–C) groups is 2. The van der Waals surface area contributed by atoms with Crippen LogP contribution in [0.1, 0.15) is 98.4 Å². The van der Waals surface area contributed by atoms with E-state index in [-0.39, 0.29) is 0 Å². The lowest BCUT2D eigenvalue weighted by molar-refractivity contribution is 0.919. The standard InChI is InChI=1S/C43H53ClN2/c1-10-16-35-20-14-18-33(12-3)40(35)37-26-28(5)24-30(7)42(37)45-32(9)39(22-23-44)46-43-31(8)25-29(6)27-38(43)41-34(13-4)19-15-21-36(41)17-11-2/h14-15,18-21,24-27H,10-13,16-17,22-23H2,1-9H3. The van der Waals surface area contributed by atoms with Gasteiger partial charge in [0, 0.05) is 23.4 Å². The predicted molar refractivity (Wildman–Crippen MR) is 205 cm³/mol. The lowest BCUT2D eigenvalue weighted by Crippen LogP contribution is -2.12. The lowest BCUT2D eigenvalue weighted by atomic mass is 9.88. The normalized spacial score (nSPS) is 12.2. The predicted octanol–water partition coefficient (Wildman–Crippen LogP) is 12.8. The molecule has 4 aromatic carbocycles. The summed E-state index contributed by atoms with van der Waals surface area (Å²) < 4.78 is 0. The highest BCUT2D eigenvalue weighted by molar-refractivity contribution is 6.43. The van der Waals surface area contributed by atoms with Gasteiger partial charge in [-0.15, -0.1) is 11.6 Å². The van der Waals surface area contributed by atoms with Gasteiger partial charge in [-0.3, -0.25) is 9.98 Å². The molecule has 0 saturated heterocycles. The molecular weight excluding hydrogens is 580 g/mol. The Kier molecular flexibility index (Phi) is 12.6. The minimum atomic E-state index is 0.484. The maximum absolute atomic E-state index is 6.48. The van der Waals surface area contributed by atoms with E-state index in [1.54, 1.807) is 0 Å². The fourth-order valence-electron chi connectivity index (χ4n) is 6.92. The van der Waals surface area contributed by atoms with Crippen molar-refractivity contribution in [3.05, 3.63) is 105 Å². The van der Waals surface area contributed by atoms with E-state index in [1.165, 1.54) is 66.8 Å². The van der Waals surface area contributed by atoms with Gasteiger partial charge in [-0.25, -0.2) is 0 Å². The van der Waals surface area contributed by atoms with E-state index in [0.717, 1.165) is 61.3 Å². The molecule has 0 aromatic heterocycles. The highest BCUT2D eigenvalue weighted by Gasteiger charge is 2.19. The zero-order valence-corrected chi connectivity index (χ0v) is 30.5. The average Bonchev–Trinajstić information content (AvgIpc) is 3.03. The number of alkyl halides is 1. The van der Waals surface area contributed by atoms with Crippen molar-refractivity contribution in [2.45, 2.75) is 107 Å². The maximum Gasteiger partial charge on any atom is 0.0741 e. The molecule has 2 nitrogen and oxygen atoms in total. The first-order chi connectivity index (χ1) is 22.2. The molecule has 242 valence electrons. The molecule has 0 aliphatic heterocycles. The van der Waals surface area contributed by atoms with Crippen molar-refractivity contribution in [1.82, 2.24) is 0 Å². The second-order valence-electron chi connectivity index (χ2n) is 12.8. The van der Waals surface area contributed by atoms with Gasteiger partial charge in [0.1, 0.15) is 0 Å². The van der Waals surface area contributed by atoms with E-state index in [0.29, 0.717) is 12.3 Å². The summed E-state index contributed by atoms with van der Waals surface area (Å²) in [5.41, 5.74) is 19.4. The van der Waals surface area contributed by atoms with E-state index < -0.39 is 0 Å². The molecule has 0 aliphatic carbocycles. The molecule has 0 heterocycles. The SMILES string of the molecule is CCCc1cccc(CC)c1-c1cc(C)cc(C)c1N=C(C)C(CCCl)=Nc1c(C)cc(C)cc1-c1c(CC)cccc1CCC. The summed E-state index contributed by atoms with van der Waals surface area (Å²) in [7, 11) is 0. The molecule has 0 N–H and O–H groups in total. The third kappa shape index (κ3) is 7.89. The fraction of sp³-hybridized carbons (Fsp3) is 0.395. The molecule has 3 heteroatoms. The monoisotopic (exact) mass is 632 g/mol. The molecule has 0 bridgehead atoms. The van der Waals surface area contributed by atoms with Crippen LogP contribution in [0.4, 0.5) is 11.4 Å². The molecular formula is C43H53ClN2. The second kappa shape index (κ2) is 16.4. The number of aryl methyl sites for hydroxylation is 8. The van der Waals surface area contributed by atoms with Crippen LogP contribution in [-0.4, -0.2) is 17.3 Å². The zero-order valence-electron chi connectivity index (χ0n) is 29.7. The number of rotatable bonds is 13. The first-order valence-electron chi connectivity index (χ1n) is 17.3. The van der Waals surface area contributed by atoms with Gasteiger partial charge in [-0.1, -0.05) is 100 Å². The summed E-state index contributed by atoms with van der Waals surface area (Å²) in [5.74, 6) is 0.484. The van der Waals surface area contributed by atoms with Gasteiger partial charge < -0.3 is 0 Å². The molecule has 0 amide bonds. The van der Waals surface area contributed by atoms with Crippen molar-refractivity contribution in [1.29, 1.82) is 0 Å². The third-order valence-corrected chi connectivity index (χ3v) is 9.17. The van der Waals surface area contributed by atoms with Crippen molar-refractivity contribution in [2.75, 3.05) is 5.88 Å². The number of benzene rings is 4. The van der Waals surface area contributed by atoms with Crippen LogP contribution in [0, 0.1) is 27.7 Å². The number of hydrogen-bond acceptors (Lipinski definition) is 2. The van der Waals surface area contributed by atoms with E-state index in [1.807, 2.05) is 0 Å². The van der Waals surface area contributed by atoms with Crippen LogP contribution in [-0.2, 0) is 25.7 Å². The molecule has 0 radical (unpaired) electrons. The van der Waals surface area contributed by atoms with Crippen molar-refractivity contribution in [2.24, 2.45) is 9.98 Å². The van der Waals surface area contributed by atoms with E-state index in [9.17, 15) is 0 Å². The molecule has 0 atom stereocenters. The molecule has 0 spiro atoms. The second-order valence-corrected chi connectivity index (χ2v) is 13.1.